The van der Waals surface area contributed by atoms with E-state index in [2.05, 4.69) is 15.4 Å². The highest BCUT2D eigenvalue weighted by molar-refractivity contribution is 7.80. The van der Waals surface area contributed by atoms with Gasteiger partial charge in [-0.3, -0.25) is 0 Å². The number of thiocarbonyl (C=S) groups is 1. The Bertz CT molecular complexity index is 729. The van der Waals surface area contributed by atoms with Gasteiger partial charge in [-0.2, -0.15) is 8.78 Å². The maximum Gasteiger partial charge on any atom is 0.387 e. The number of ether oxygens (including phenoxy) is 1. The molecule has 2 N–H and O–H groups in total. The van der Waals surface area contributed by atoms with Gasteiger partial charge < -0.3 is 15.4 Å². The molecule has 8 heteroatoms. The zero-order valence-electron chi connectivity index (χ0n) is 11.9. The summed E-state index contributed by atoms with van der Waals surface area (Å²) in [5.74, 6) is -0.100. The second-order valence-electron chi connectivity index (χ2n) is 4.56. The fourth-order valence-electron chi connectivity index (χ4n) is 1.78. The van der Waals surface area contributed by atoms with Crippen molar-refractivity contribution in [1.29, 1.82) is 0 Å². The summed E-state index contributed by atoms with van der Waals surface area (Å²) < 4.78 is 28.6. The number of hydrogen-bond donors (Lipinski definition) is 2. The van der Waals surface area contributed by atoms with E-state index in [4.69, 9.17) is 35.4 Å². The highest BCUT2D eigenvalue weighted by atomic mass is 35.5. The highest BCUT2D eigenvalue weighted by Crippen LogP contribution is 2.29. The van der Waals surface area contributed by atoms with E-state index in [1.54, 1.807) is 12.1 Å². The number of nitrogens with one attached hydrogen (secondary N) is 2. The Morgan fingerprint density at radius 3 is 2.52 bits per heavy atom. The first kappa shape index (κ1) is 17.7. The van der Waals surface area contributed by atoms with E-state index >= 15 is 0 Å². The van der Waals surface area contributed by atoms with Crippen LogP contribution in [-0.4, -0.2) is 11.7 Å². The Morgan fingerprint density at radius 1 is 1.13 bits per heavy atom. The number of benzene rings is 2. The number of aryl methyl sites for hydroxylation is 1. The van der Waals surface area contributed by atoms with Gasteiger partial charge in [0, 0.05) is 16.4 Å². The zero-order valence-corrected chi connectivity index (χ0v) is 14.2. The molecule has 2 rings (SSSR count). The molecule has 3 nitrogen and oxygen atoms in total. The summed E-state index contributed by atoms with van der Waals surface area (Å²) in [5.41, 5.74) is 2.27. The van der Waals surface area contributed by atoms with Crippen LogP contribution in [0.2, 0.25) is 10.0 Å². The quantitative estimate of drug-likeness (QED) is 0.669. The molecular formula is C15H12Cl2F2N2OS. The van der Waals surface area contributed by atoms with E-state index < -0.39 is 6.61 Å². The molecule has 0 unspecified atom stereocenters. The van der Waals surface area contributed by atoms with Crippen LogP contribution in [0.15, 0.2) is 36.4 Å². The largest absolute Gasteiger partial charge is 0.433 e. The van der Waals surface area contributed by atoms with Crippen LogP contribution in [-0.2, 0) is 0 Å². The first-order chi connectivity index (χ1) is 10.8. The third-order valence-electron chi connectivity index (χ3n) is 2.85. The van der Waals surface area contributed by atoms with E-state index in [0.29, 0.717) is 15.8 Å². The SMILES string of the molecule is Cc1ccc(Cl)cc1NC(=S)Nc1ccc(OC(F)F)c(Cl)c1. The summed E-state index contributed by atoms with van der Waals surface area (Å²) in [6, 6.07) is 9.70. The number of hydrogen-bond acceptors (Lipinski definition) is 2. The lowest BCUT2D eigenvalue weighted by Crippen LogP contribution is -2.19. The molecule has 2 aromatic carbocycles. The normalized spacial score (nSPS) is 10.5. The molecule has 0 spiro atoms. The van der Waals surface area contributed by atoms with Gasteiger partial charge in [0.1, 0.15) is 5.75 Å². The molecule has 0 fully saturated rings. The van der Waals surface area contributed by atoms with E-state index in [0.717, 1.165) is 11.3 Å². The van der Waals surface area contributed by atoms with Crippen molar-refractivity contribution in [2.75, 3.05) is 10.6 Å². The minimum absolute atomic E-state index is 0.0528. The van der Waals surface area contributed by atoms with Crippen LogP contribution in [0, 0.1) is 6.92 Å². The van der Waals surface area contributed by atoms with Gasteiger partial charge in [-0.25, -0.2) is 0 Å². The van der Waals surface area contributed by atoms with Crippen LogP contribution in [0.5, 0.6) is 5.75 Å². The Balaban J connectivity index is 2.05. The van der Waals surface area contributed by atoms with Gasteiger partial charge in [-0.15, -0.1) is 0 Å². The summed E-state index contributed by atoms with van der Waals surface area (Å²) >= 11 is 17.0. The average molecular weight is 377 g/mol. The van der Waals surface area contributed by atoms with E-state index in [1.165, 1.54) is 18.2 Å². The van der Waals surface area contributed by atoms with Crippen LogP contribution in [0.3, 0.4) is 0 Å². The molecular weight excluding hydrogens is 365 g/mol. The molecule has 0 aliphatic carbocycles. The zero-order chi connectivity index (χ0) is 17.0. The van der Waals surface area contributed by atoms with E-state index in [1.807, 2.05) is 13.0 Å². The van der Waals surface area contributed by atoms with Gasteiger partial charge in [0.05, 0.1) is 5.02 Å². The number of anilines is 2. The molecule has 122 valence electrons. The Hall–Kier alpha value is -1.63. The lowest BCUT2D eigenvalue weighted by atomic mass is 10.2. The van der Waals surface area contributed by atoms with Gasteiger partial charge in [0.15, 0.2) is 5.11 Å². The minimum atomic E-state index is -2.93. The summed E-state index contributed by atoms with van der Waals surface area (Å²) in [6.45, 7) is -1.02. The van der Waals surface area contributed by atoms with Gasteiger partial charge in [0.2, 0.25) is 0 Å². The fourth-order valence-corrected chi connectivity index (χ4v) is 2.41. The predicted octanol–water partition coefficient (Wildman–Crippen LogP) is 5.71. The maximum absolute atomic E-state index is 12.2. The Kier molecular flexibility index (Phi) is 5.98. The summed E-state index contributed by atoms with van der Waals surface area (Å²) in [4.78, 5) is 0. The van der Waals surface area contributed by atoms with Crippen molar-refractivity contribution >= 4 is 51.9 Å². The molecule has 0 amide bonds. The van der Waals surface area contributed by atoms with Crippen LogP contribution in [0.1, 0.15) is 5.56 Å². The lowest BCUT2D eigenvalue weighted by Gasteiger charge is -2.14. The molecule has 0 aromatic heterocycles. The Labute approximate surface area is 147 Å². The van der Waals surface area contributed by atoms with E-state index in [-0.39, 0.29) is 10.8 Å². The van der Waals surface area contributed by atoms with Crippen molar-refractivity contribution in [1.82, 2.24) is 0 Å². The standard InChI is InChI=1S/C15H12Cl2F2N2OS/c1-8-2-3-9(16)6-12(8)21-15(23)20-10-4-5-13(11(17)7-10)22-14(18)19/h2-7,14H,1H3,(H2,20,21,23). The summed E-state index contributed by atoms with van der Waals surface area (Å²) in [5, 5.41) is 6.86. The second kappa shape index (κ2) is 7.77. The first-order valence-electron chi connectivity index (χ1n) is 6.43. The van der Waals surface area contributed by atoms with E-state index in [9.17, 15) is 8.78 Å². The minimum Gasteiger partial charge on any atom is -0.433 e. The smallest absolute Gasteiger partial charge is 0.387 e. The van der Waals surface area contributed by atoms with Gasteiger partial charge in [0.25, 0.3) is 0 Å². The highest BCUT2D eigenvalue weighted by Gasteiger charge is 2.10. The molecule has 0 aliphatic heterocycles. The number of rotatable bonds is 4. The molecule has 0 saturated heterocycles. The van der Waals surface area contributed by atoms with Crippen LogP contribution in [0.4, 0.5) is 20.2 Å². The number of alkyl halides is 2. The molecule has 0 saturated carbocycles. The van der Waals surface area contributed by atoms with Crippen molar-refractivity contribution in [3.05, 3.63) is 52.0 Å². The van der Waals surface area contributed by atoms with Crippen LogP contribution >= 0.6 is 35.4 Å². The van der Waals surface area contributed by atoms with Crippen molar-refractivity contribution in [3.8, 4) is 5.75 Å². The van der Waals surface area contributed by atoms with Crippen LogP contribution < -0.4 is 15.4 Å². The maximum atomic E-state index is 12.2. The molecule has 23 heavy (non-hydrogen) atoms. The van der Waals surface area contributed by atoms with Crippen molar-refractivity contribution < 1.29 is 13.5 Å². The first-order valence-corrected chi connectivity index (χ1v) is 7.60. The van der Waals surface area contributed by atoms with Crippen molar-refractivity contribution in [2.24, 2.45) is 0 Å². The monoisotopic (exact) mass is 376 g/mol. The number of halogens is 4. The second-order valence-corrected chi connectivity index (χ2v) is 5.81. The Morgan fingerprint density at radius 2 is 1.87 bits per heavy atom. The lowest BCUT2D eigenvalue weighted by molar-refractivity contribution is -0.0497. The molecule has 0 radical (unpaired) electrons. The molecule has 0 aliphatic rings. The van der Waals surface area contributed by atoms with Gasteiger partial charge in [-0.1, -0.05) is 29.3 Å². The van der Waals surface area contributed by atoms with Gasteiger partial charge in [-0.05, 0) is 55.0 Å². The predicted molar refractivity (Wildman–Crippen MR) is 94.1 cm³/mol. The molecule has 0 heterocycles. The molecule has 2 aromatic rings. The fraction of sp³-hybridized carbons (Fsp3) is 0.133. The third-order valence-corrected chi connectivity index (χ3v) is 3.59. The van der Waals surface area contributed by atoms with Gasteiger partial charge >= 0.3 is 6.61 Å². The molecule has 0 atom stereocenters. The summed E-state index contributed by atoms with van der Waals surface area (Å²) in [7, 11) is 0. The van der Waals surface area contributed by atoms with Crippen molar-refractivity contribution in [3.63, 3.8) is 0 Å². The summed E-state index contributed by atoms with van der Waals surface area (Å²) in [6.07, 6.45) is 0. The topological polar surface area (TPSA) is 33.3 Å². The third kappa shape index (κ3) is 5.20. The van der Waals surface area contributed by atoms with Crippen LogP contribution in [0.25, 0.3) is 0 Å². The van der Waals surface area contributed by atoms with Crippen molar-refractivity contribution in [2.45, 2.75) is 13.5 Å². The average Bonchev–Trinajstić information content (AvgIpc) is 2.45. The molecule has 0 bridgehead atoms.